The van der Waals surface area contributed by atoms with Crippen LogP contribution in [0.15, 0.2) is 54.6 Å². The summed E-state index contributed by atoms with van der Waals surface area (Å²) in [6.45, 7) is 5.93. The van der Waals surface area contributed by atoms with Gasteiger partial charge in [-0.1, -0.05) is 6.07 Å². The lowest BCUT2D eigenvalue weighted by Gasteiger charge is -2.31. The molecule has 0 saturated carbocycles. The van der Waals surface area contributed by atoms with E-state index in [-0.39, 0.29) is 11.9 Å². The highest BCUT2D eigenvalue weighted by atomic mass is 19.1. The van der Waals surface area contributed by atoms with Crippen molar-refractivity contribution in [2.45, 2.75) is 63.2 Å². The van der Waals surface area contributed by atoms with E-state index in [9.17, 15) is 13.6 Å². The summed E-state index contributed by atoms with van der Waals surface area (Å²) in [7, 11) is 0. The third-order valence-corrected chi connectivity index (χ3v) is 9.59. The highest BCUT2D eigenvalue weighted by molar-refractivity contribution is 6.00. The first kappa shape index (κ1) is 30.0. The summed E-state index contributed by atoms with van der Waals surface area (Å²) >= 11 is 0. The SMILES string of the molecule is O=C(NC1NNc2ccc(Cc3cc(F)cc(F)c3)cc21)c1ccc(N2CCC[C@H]2CN2CCCC2)cc1NC1CCOCC1. The average molecular weight is 617 g/mol. The van der Waals surface area contributed by atoms with E-state index in [0.29, 0.717) is 36.8 Å². The molecule has 4 aliphatic heterocycles. The number of benzene rings is 3. The van der Waals surface area contributed by atoms with E-state index < -0.39 is 17.8 Å². The van der Waals surface area contributed by atoms with Gasteiger partial charge in [0, 0.05) is 61.4 Å². The molecule has 0 aliphatic carbocycles. The summed E-state index contributed by atoms with van der Waals surface area (Å²) in [6.07, 6.45) is 6.64. The number of fused-ring (bicyclic) bond motifs is 1. The molecule has 3 aromatic carbocycles. The van der Waals surface area contributed by atoms with Crippen molar-refractivity contribution in [1.82, 2.24) is 15.6 Å². The van der Waals surface area contributed by atoms with Crippen molar-refractivity contribution < 1.29 is 18.3 Å². The number of nitrogens with one attached hydrogen (secondary N) is 4. The molecule has 0 radical (unpaired) electrons. The first-order valence-corrected chi connectivity index (χ1v) is 16.4. The Morgan fingerprint density at radius 1 is 0.889 bits per heavy atom. The molecule has 8 nitrogen and oxygen atoms in total. The second-order valence-corrected chi connectivity index (χ2v) is 12.8. The minimum absolute atomic E-state index is 0.184. The van der Waals surface area contributed by atoms with Crippen molar-refractivity contribution in [3.63, 3.8) is 0 Å². The van der Waals surface area contributed by atoms with Gasteiger partial charge >= 0.3 is 0 Å². The zero-order valence-corrected chi connectivity index (χ0v) is 25.6. The summed E-state index contributed by atoms with van der Waals surface area (Å²) in [5, 5.41) is 6.86. The maximum absolute atomic E-state index is 13.9. The van der Waals surface area contributed by atoms with Gasteiger partial charge in [-0.05, 0) is 112 Å². The topological polar surface area (TPSA) is 80.9 Å². The Hall–Kier alpha value is -3.73. The van der Waals surface area contributed by atoms with Crippen LogP contribution in [0.2, 0.25) is 0 Å². The van der Waals surface area contributed by atoms with Crippen LogP contribution in [0.3, 0.4) is 0 Å². The van der Waals surface area contributed by atoms with E-state index in [1.54, 1.807) is 0 Å². The number of hydrogen-bond donors (Lipinski definition) is 4. The zero-order valence-electron chi connectivity index (χ0n) is 25.6. The lowest BCUT2D eigenvalue weighted by atomic mass is 10.0. The fourth-order valence-corrected chi connectivity index (χ4v) is 7.29. The summed E-state index contributed by atoms with van der Waals surface area (Å²) < 4.78 is 33.2. The van der Waals surface area contributed by atoms with E-state index in [1.165, 1.54) is 50.9 Å². The summed E-state index contributed by atoms with van der Waals surface area (Å²) in [6, 6.07) is 16.3. The molecule has 2 atom stereocenters. The van der Waals surface area contributed by atoms with Crippen molar-refractivity contribution in [3.8, 4) is 0 Å². The maximum atomic E-state index is 13.9. The van der Waals surface area contributed by atoms with Crippen LogP contribution in [0.4, 0.5) is 25.8 Å². The van der Waals surface area contributed by atoms with Gasteiger partial charge in [0.15, 0.2) is 0 Å². The molecular weight excluding hydrogens is 574 g/mol. The highest BCUT2D eigenvalue weighted by Gasteiger charge is 2.30. The third kappa shape index (κ3) is 6.93. The molecule has 10 heteroatoms. The van der Waals surface area contributed by atoms with E-state index >= 15 is 0 Å². The lowest BCUT2D eigenvalue weighted by molar-refractivity contribution is 0.0903. The van der Waals surface area contributed by atoms with Gasteiger partial charge in [0.05, 0.1) is 11.3 Å². The second-order valence-electron chi connectivity index (χ2n) is 12.8. The van der Waals surface area contributed by atoms with Crippen LogP contribution in [0.1, 0.15) is 71.7 Å². The second kappa shape index (κ2) is 13.3. The number of rotatable bonds is 9. The molecule has 45 heavy (non-hydrogen) atoms. The number of carbonyl (C=O) groups excluding carboxylic acids is 1. The standard InChI is InChI=1S/C35H42F2N6O2/c36-25-17-24(18-26(37)20-25)16-23-5-8-32-31(19-23)34(41-40-32)39-35(44)30-7-6-28(21-33(30)38-27-9-14-45-15-10-27)43-13-3-4-29(43)22-42-11-1-2-12-42/h5-8,17-21,27,29,34,38,40-41H,1-4,9-16,22H2,(H,39,44)/t29-,34?/m0/s1. The Balaban J connectivity index is 1.10. The Labute approximate surface area is 263 Å². The number of likely N-dealkylation sites (tertiary alicyclic amines) is 1. The summed E-state index contributed by atoms with van der Waals surface area (Å²) in [5.74, 6) is -1.37. The van der Waals surface area contributed by atoms with Crippen LogP contribution < -0.4 is 26.4 Å². The van der Waals surface area contributed by atoms with Gasteiger partial charge in [-0.25, -0.2) is 14.2 Å². The Bertz CT molecular complexity index is 1500. The fourth-order valence-electron chi connectivity index (χ4n) is 7.29. The molecule has 238 valence electrons. The summed E-state index contributed by atoms with van der Waals surface area (Å²) in [5.41, 5.74) is 12.1. The normalized spacial score (nSPS) is 22.0. The van der Waals surface area contributed by atoms with Crippen molar-refractivity contribution in [2.24, 2.45) is 0 Å². The molecule has 0 aromatic heterocycles. The van der Waals surface area contributed by atoms with Crippen molar-refractivity contribution >= 4 is 23.0 Å². The van der Waals surface area contributed by atoms with Crippen LogP contribution in [0.25, 0.3) is 0 Å². The van der Waals surface area contributed by atoms with E-state index in [1.807, 2.05) is 24.3 Å². The molecule has 4 aliphatic rings. The van der Waals surface area contributed by atoms with Crippen LogP contribution in [-0.4, -0.2) is 62.3 Å². The van der Waals surface area contributed by atoms with Crippen LogP contribution in [0, 0.1) is 11.6 Å². The van der Waals surface area contributed by atoms with E-state index in [0.717, 1.165) is 60.2 Å². The van der Waals surface area contributed by atoms with E-state index in [4.69, 9.17) is 4.74 Å². The molecule has 1 unspecified atom stereocenters. The summed E-state index contributed by atoms with van der Waals surface area (Å²) in [4.78, 5) is 19.0. The minimum Gasteiger partial charge on any atom is -0.381 e. The molecule has 0 bridgehead atoms. The number of amides is 1. The largest absolute Gasteiger partial charge is 0.381 e. The molecule has 3 aromatic rings. The van der Waals surface area contributed by atoms with Gasteiger partial charge in [-0.3, -0.25) is 4.79 Å². The maximum Gasteiger partial charge on any atom is 0.254 e. The lowest BCUT2D eigenvalue weighted by Crippen LogP contribution is -2.39. The number of nitrogens with zero attached hydrogens (tertiary/aromatic N) is 2. The molecule has 3 fully saturated rings. The average Bonchev–Trinajstić information content (AvgIpc) is 3.80. The quantitative estimate of drug-likeness (QED) is 0.250. The van der Waals surface area contributed by atoms with Crippen LogP contribution in [0.5, 0.6) is 0 Å². The minimum atomic E-state index is -0.595. The molecule has 7 rings (SSSR count). The molecule has 3 saturated heterocycles. The monoisotopic (exact) mass is 616 g/mol. The third-order valence-electron chi connectivity index (χ3n) is 9.59. The van der Waals surface area contributed by atoms with Gasteiger partial charge in [-0.15, -0.1) is 0 Å². The van der Waals surface area contributed by atoms with Crippen molar-refractivity contribution in [3.05, 3.63) is 88.5 Å². The Morgan fingerprint density at radius 2 is 1.69 bits per heavy atom. The van der Waals surface area contributed by atoms with Crippen molar-refractivity contribution in [1.29, 1.82) is 0 Å². The first-order chi connectivity index (χ1) is 22.0. The van der Waals surface area contributed by atoms with Crippen molar-refractivity contribution in [2.75, 3.05) is 55.0 Å². The Kier molecular flexibility index (Phi) is 8.87. The van der Waals surface area contributed by atoms with Crippen LogP contribution in [-0.2, 0) is 11.2 Å². The molecule has 4 heterocycles. The van der Waals surface area contributed by atoms with Crippen LogP contribution >= 0.6 is 0 Å². The predicted molar refractivity (Wildman–Crippen MR) is 173 cm³/mol. The van der Waals surface area contributed by atoms with Gasteiger partial charge in [0.25, 0.3) is 5.91 Å². The number of hydrazine groups is 1. The zero-order chi connectivity index (χ0) is 30.8. The van der Waals surface area contributed by atoms with Gasteiger partial charge in [-0.2, -0.15) is 0 Å². The first-order valence-electron chi connectivity index (χ1n) is 16.4. The van der Waals surface area contributed by atoms with Gasteiger partial charge < -0.3 is 30.6 Å². The molecular formula is C35H42F2N6O2. The molecule has 1 amide bonds. The smallest absolute Gasteiger partial charge is 0.254 e. The predicted octanol–water partition coefficient (Wildman–Crippen LogP) is 5.57. The number of ether oxygens (including phenoxy) is 1. The highest BCUT2D eigenvalue weighted by Crippen LogP contribution is 2.33. The fraction of sp³-hybridized carbons (Fsp3) is 0.457. The number of carbonyl (C=O) groups is 1. The van der Waals surface area contributed by atoms with Gasteiger partial charge in [0.2, 0.25) is 0 Å². The molecule has 4 N–H and O–H groups in total. The number of anilines is 3. The van der Waals surface area contributed by atoms with Gasteiger partial charge in [0.1, 0.15) is 17.8 Å². The van der Waals surface area contributed by atoms with E-state index in [2.05, 4.69) is 43.4 Å². The number of hydrogen-bond acceptors (Lipinski definition) is 7. The molecule has 0 spiro atoms. The number of halogens is 2. The Morgan fingerprint density at radius 3 is 2.49 bits per heavy atom.